The van der Waals surface area contributed by atoms with Gasteiger partial charge in [0.05, 0.1) is 18.1 Å². The summed E-state index contributed by atoms with van der Waals surface area (Å²) in [5.41, 5.74) is 0.755. The number of aryl methyl sites for hydroxylation is 1. The number of nitrogens with zero attached hydrogens (tertiary/aromatic N) is 2. The third kappa shape index (κ3) is 5.88. The Morgan fingerprint density at radius 1 is 1.22 bits per heavy atom. The number of sulfonamides is 1. The van der Waals surface area contributed by atoms with Crippen molar-refractivity contribution >= 4 is 50.0 Å². The topological polar surface area (TPSA) is 144 Å². The largest absolute Gasteiger partial charge is 0.451 e. The Hall–Kier alpha value is -2.87. The summed E-state index contributed by atoms with van der Waals surface area (Å²) in [5.74, 6) is -1.80. The van der Waals surface area contributed by atoms with Gasteiger partial charge in [-0.15, -0.1) is 11.3 Å². The fraction of sp³-hybridized carbons (Fsp3) is 0.368. The molecule has 2 N–H and O–H groups in total. The van der Waals surface area contributed by atoms with Crippen LogP contribution in [-0.2, 0) is 29.1 Å². The number of hydrogen-bond donors (Lipinski definition) is 2. The minimum absolute atomic E-state index is 0.0409. The zero-order chi connectivity index (χ0) is 23.3. The summed E-state index contributed by atoms with van der Waals surface area (Å²) in [6.07, 6.45) is 0. The SMILES string of the molecule is CC(=O)Nc1nc(C(=O)OCC(=O)Nc2ccc(C)c(S(=O)(=O)N3CCOCC3)c2)cs1. The summed E-state index contributed by atoms with van der Waals surface area (Å²) in [7, 11) is -3.74. The highest BCUT2D eigenvalue weighted by molar-refractivity contribution is 7.89. The van der Waals surface area contributed by atoms with E-state index in [9.17, 15) is 22.8 Å². The Kier molecular flexibility index (Phi) is 7.56. The van der Waals surface area contributed by atoms with Gasteiger partial charge < -0.3 is 20.1 Å². The van der Waals surface area contributed by atoms with E-state index in [1.165, 1.54) is 22.7 Å². The smallest absolute Gasteiger partial charge is 0.358 e. The lowest BCUT2D eigenvalue weighted by molar-refractivity contribution is -0.119. The van der Waals surface area contributed by atoms with E-state index in [1.54, 1.807) is 19.1 Å². The second kappa shape index (κ2) is 10.2. The van der Waals surface area contributed by atoms with Gasteiger partial charge in [0.15, 0.2) is 17.4 Å². The number of benzene rings is 1. The first-order chi connectivity index (χ1) is 15.2. The standard InChI is InChI=1S/C19H22N4O7S2/c1-12-3-4-14(9-16(12)32(27,28)23-5-7-29-8-6-23)21-17(25)10-30-18(26)15-11-31-19(22-15)20-13(2)24/h3-4,9,11H,5-8,10H2,1-2H3,(H,21,25)(H,20,22,24). The van der Waals surface area contributed by atoms with Crippen LogP contribution in [0.25, 0.3) is 0 Å². The maximum absolute atomic E-state index is 12.9. The van der Waals surface area contributed by atoms with Crippen molar-refractivity contribution in [3.8, 4) is 0 Å². The molecule has 0 aliphatic carbocycles. The number of rotatable bonds is 7. The second-order valence-electron chi connectivity index (χ2n) is 6.84. The highest BCUT2D eigenvalue weighted by Gasteiger charge is 2.28. The number of carbonyl (C=O) groups is 3. The van der Waals surface area contributed by atoms with E-state index in [0.717, 1.165) is 11.3 Å². The Balaban J connectivity index is 1.61. The maximum Gasteiger partial charge on any atom is 0.358 e. The Bertz CT molecular complexity index is 1120. The number of esters is 1. The monoisotopic (exact) mass is 482 g/mol. The number of anilines is 2. The van der Waals surface area contributed by atoms with Crippen LogP contribution in [-0.4, -0.2) is 68.4 Å². The lowest BCUT2D eigenvalue weighted by atomic mass is 10.2. The fourth-order valence-corrected chi connectivity index (χ4v) is 5.24. The third-order valence-electron chi connectivity index (χ3n) is 4.39. The Morgan fingerprint density at radius 2 is 1.94 bits per heavy atom. The molecule has 32 heavy (non-hydrogen) atoms. The van der Waals surface area contributed by atoms with Gasteiger partial charge in [0.2, 0.25) is 15.9 Å². The first-order valence-corrected chi connectivity index (χ1v) is 11.9. The highest BCUT2D eigenvalue weighted by Crippen LogP contribution is 2.24. The van der Waals surface area contributed by atoms with E-state index in [0.29, 0.717) is 18.8 Å². The summed E-state index contributed by atoms with van der Waals surface area (Å²) in [5, 5.41) is 6.60. The van der Waals surface area contributed by atoms with Crippen molar-refractivity contribution in [1.29, 1.82) is 0 Å². The molecule has 0 unspecified atom stereocenters. The molecule has 1 aromatic carbocycles. The molecule has 2 heterocycles. The molecule has 0 radical (unpaired) electrons. The molecule has 172 valence electrons. The molecular formula is C19H22N4O7S2. The molecule has 0 bridgehead atoms. The summed E-state index contributed by atoms with van der Waals surface area (Å²) in [6.45, 7) is 3.56. The number of nitrogens with one attached hydrogen (secondary N) is 2. The van der Waals surface area contributed by atoms with E-state index >= 15 is 0 Å². The number of thiazole rings is 1. The van der Waals surface area contributed by atoms with Crippen LogP contribution in [0, 0.1) is 6.92 Å². The number of carbonyl (C=O) groups excluding carboxylic acids is 3. The van der Waals surface area contributed by atoms with Gasteiger partial charge in [-0.3, -0.25) is 9.59 Å². The Morgan fingerprint density at radius 3 is 2.62 bits per heavy atom. The van der Waals surface area contributed by atoms with Crippen LogP contribution in [0.15, 0.2) is 28.5 Å². The summed E-state index contributed by atoms with van der Waals surface area (Å²) < 4.78 is 37.4. The molecule has 2 amide bonds. The third-order valence-corrected chi connectivity index (χ3v) is 7.19. The lowest BCUT2D eigenvalue weighted by Gasteiger charge is -2.26. The van der Waals surface area contributed by atoms with E-state index in [2.05, 4.69) is 15.6 Å². The van der Waals surface area contributed by atoms with Crippen LogP contribution >= 0.6 is 11.3 Å². The predicted molar refractivity (Wildman–Crippen MR) is 116 cm³/mol. The normalized spacial score (nSPS) is 14.6. The zero-order valence-electron chi connectivity index (χ0n) is 17.4. The summed E-state index contributed by atoms with van der Waals surface area (Å²) in [4.78, 5) is 39.3. The number of aromatic nitrogens is 1. The van der Waals surface area contributed by atoms with Crippen molar-refractivity contribution in [2.75, 3.05) is 43.5 Å². The van der Waals surface area contributed by atoms with Gasteiger partial charge in [-0.1, -0.05) is 6.07 Å². The van der Waals surface area contributed by atoms with Crippen molar-refractivity contribution < 1.29 is 32.3 Å². The molecule has 0 atom stereocenters. The number of hydrogen-bond acceptors (Lipinski definition) is 9. The molecule has 0 saturated carbocycles. The van der Waals surface area contributed by atoms with Crippen LogP contribution in [0.3, 0.4) is 0 Å². The second-order valence-corrected chi connectivity index (χ2v) is 9.60. The molecule has 11 nitrogen and oxygen atoms in total. The highest BCUT2D eigenvalue weighted by atomic mass is 32.2. The van der Waals surface area contributed by atoms with Gasteiger partial charge in [-0.05, 0) is 24.6 Å². The van der Waals surface area contributed by atoms with E-state index in [1.807, 2.05) is 0 Å². The average Bonchev–Trinajstić information content (AvgIpc) is 3.22. The van der Waals surface area contributed by atoms with Crippen molar-refractivity contribution in [3.63, 3.8) is 0 Å². The van der Waals surface area contributed by atoms with Crippen molar-refractivity contribution in [2.24, 2.45) is 0 Å². The first-order valence-electron chi connectivity index (χ1n) is 9.55. The number of ether oxygens (including phenoxy) is 2. The Labute approximate surface area is 188 Å². The molecular weight excluding hydrogens is 460 g/mol. The van der Waals surface area contributed by atoms with Crippen LogP contribution in [0.2, 0.25) is 0 Å². The molecule has 1 fully saturated rings. The molecule has 1 aliphatic heterocycles. The van der Waals surface area contributed by atoms with E-state index < -0.39 is 28.5 Å². The minimum atomic E-state index is -3.74. The predicted octanol–water partition coefficient (Wildman–Crippen LogP) is 1.23. The molecule has 2 aromatic rings. The van der Waals surface area contributed by atoms with Crippen LogP contribution in [0.4, 0.5) is 10.8 Å². The fourth-order valence-electron chi connectivity index (χ4n) is 2.86. The van der Waals surface area contributed by atoms with Gasteiger partial charge >= 0.3 is 5.97 Å². The first kappa shape index (κ1) is 23.8. The van der Waals surface area contributed by atoms with E-state index in [-0.39, 0.29) is 40.4 Å². The van der Waals surface area contributed by atoms with Crippen molar-refractivity contribution in [3.05, 3.63) is 34.8 Å². The van der Waals surface area contributed by atoms with Crippen LogP contribution in [0.1, 0.15) is 23.0 Å². The lowest BCUT2D eigenvalue weighted by Crippen LogP contribution is -2.40. The van der Waals surface area contributed by atoms with Crippen LogP contribution in [0.5, 0.6) is 0 Å². The molecule has 3 rings (SSSR count). The summed E-state index contributed by atoms with van der Waals surface area (Å²) >= 11 is 1.05. The van der Waals surface area contributed by atoms with E-state index in [4.69, 9.17) is 9.47 Å². The number of morpholine rings is 1. The van der Waals surface area contributed by atoms with Gasteiger partial charge in [-0.2, -0.15) is 4.31 Å². The van der Waals surface area contributed by atoms with Crippen molar-refractivity contribution in [2.45, 2.75) is 18.7 Å². The minimum Gasteiger partial charge on any atom is -0.451 e. The van der Waals surface area contributed by atoms with Gasteiger partial charge in [-0.25, -0.2) is 18.2 Å². The number of amides is 2. The molecule has 0 spiro atoms. The molecule has 1 saturated heterocycles. The quantitative estimate of drug-likeness (QED) is 0.561. The zero-order valence-corrected chi connectivity index (χ0v) is 19.0. The van der Waals surface area contributed by atoms with Gasteiger partial charge in [0.1, 0.15) is 0 Å². The molecule has 1 aromatic heterocycles. The molecule has 13 heteroatoms. The van der Waals surface area contributed by atoms with Gasteiger partial charge in [0.25, 0.3) is 5.91 Å². The molecule has 1 aliphatic rings. The summed E-state index contributed by atoms with van der Waals surface area (Å²) in [6, 6.07) is 4.53. The average molecular weight is 483 g/mol. The van der Waals surface area contributed by atoms with Crippen molar-refractivity contribution in [1.82, 2.24) is 9.29 Å². The maximum atomic E-state index is 12.9. The van der Waals surface area contributed by atoms with Gasteiger partial charge in [0, 0.05) is 31.1 Å². The van der Waals surface area contributed by atoms with Crippen LogP contribution < -0.4 is 10.6 Å².